The van der Waals surface area contributed by atoms with E-state index in [0.29, 0.717) is 17.8 Å². The van der Waals surface area contributed by atoms with Crippen molar-refractivity contribution in [1.82, 2.24) is 4.98 Å². The molecule has 1 aliphatic rings. The van der Waals surface area contributed by atoms with Crippen LogP contribution in [0.25, 0.3) is 0 Å². The number of carbonyl (C=O) groups is 2. The summed E-state index contributed by atoms with van der Waals surface area (Å²) in [5.74, 6) is -0.0473. The lowest BCUT2D eigenvalue weighted by Crippen LogP contribution is -2.27. The summed E-state index contributed by atoms with van der Waals surface area (Å²) >= 11 is 0. The number of nitriles is 1. The van der Waals surface area contributed by atoms with Gasteiger partial charge in [-0.15, -0.1) is 0 Å². The summed E-state index contributed by atoms with van der Waals surface area (Å²) in [4.78, 5) is 27.1. The van der Waals surface area contributed by atoms with Crippen molar-refractivity contribution >= 4 is 17.9 Å². The van der Waals surface area contributed by atoms with Crippen molar-refractivity contribution in [3.63, 3.8) is 0 Å². The molecule has 2 rings (SSSR count). The molecular formula is C21H31N3O6. The number of amides is 1. The number of rotatable bonds is 5. The Hall–Kier alpha value is -2.70. The summed E-state index contributed by atoms with van der Waals surface area (Å²) in [7, 11) is 1.31. The van der Waals surface area contributed by atoms with E-state index in [1.807, 2.05) is 0 Å². The summed E-state index contributed by atoms with van der Waals surface area (Å²) < 4.78 is 19.6. The molecule has 1 atom stereocenters. The average molecular weight is 421 g/mol. The highest BCUT2D eigenvalue weighted by atomic mass is 16.6. The van der Waals surface area contributed by atoms with Gasteiger partial charge in [0.2, 0.25) is 0 Å². The molecule has 1 saturated heterocycles. The molecule has 0 spiro atoms. The summed E-state index contributed by atoms with van der Waals surface area (Å²) in [5.41, 5.74) is -0.813. The van der Waals surface area contributed by atoms with Crippen molar-refractivity contribution in [2.75, 3.05) is 38.9 Å². The van der Waals surface area contributed by atoms with Crippen molar-refractivity contribution < 1.29 is 28.5 Å². The third kappa shape index (κ3) is 9.67. The van der Waals surface area contributed by atoms with Gasteiger partial charge in [-0.2, -0.15) is 5.26 Å². The number of ether oxygens (including phenoxy) is 4. The largest absolute Gasteiger partial charge is 0.469 e. The Kier molecular flexibility index (Phi) is 10.2. The minimum absolute atomic E-state index is 0.137. The van der Waals surface area contributed by atoms with E-state index in [1.165, 1.54) is 13.3 Å². The van der Waals surface area contributed by atoms with Gasteiger partial charge in [-0.3, -0.25) is 10.1 Å². The van der Waals surface area contributed by atoms with Gasteiger partial charge in [0.05, 0.1) is 45.0 Å². The maximum atomic E-state index is 11.7. The molecule has 1 aromatic rings. The molecule has 9 nitrogen and oxygen atoms in total. The van der Waals surface area contributed by atoms with E-state index in [4.69, 9.17) is 14.2 Å². The molecule has 1 N–H and O–H groups in total. The van der Waals surface area contributed by atoms with Crippen LogP contribution < -0.4 is 5.32 Å². The van der Waals surface area contributed by atoms with Gasteiger partial charge >= 0.3 is 12.1 Å². The van der Waals surface area contributed by atoms with E-state index in [1.54, 1.807) is 39.8 Å². The van der Waals surface area contributed by atoms with Crippen LogP contribution in [-0.2, 0) is 29.2 Å². The molecule has 0 bridgehead atoms. The van der Waals surface area contributed by atoms with Gasteiger partial charge in [0, 0.05) is 12.6 Å². The van der Waals surface area contributed by atoms with E-state index >= 15 is 0 Å². The molecule has 0 saturated carbocycles. The zero-order chi connectivity index (χ0) is 22.6. The number of carbonyl (C=O) groups excluding carboxylic acids is 2. The van der Waals surface area contributed by atoms with E-state index in [2.05, 4.69) is 21.1 Å². The maximum Gasteiger partial charge on any atom is 0.413 e. The van der Waals surface area contributed by atoms with E-state index in [-0.39, 0.29) is 12.4 Å². The second-order valence-electron chi connectivity index (χ2n) is 7.80. The molecule has 0 aliphatic carbocycles. The zero-order valence-electron chi connectivity index (χ0n) is 18.3. The second kappa shape index (κ2) is 12.1. The summed E-state index contributed by atoms with van der Waals surface area (Å²) in [6.07, 6.45) is 1.36. The molecule has 166 valence electrons. The molecular weight excluding hydrogens is 390 g/mol. The van der Waals surface area contributed by atoms with Crippen LogP contribution in [0.2, 0.25) is 0 Å². The normalized spacial score (nSPS) is 15.5. The Balaban J connectivity index is 0.000000637. The Morgan fingerprint density at radius 3 is 2.17 bits per heavy atom. The second-order valence-corrected chi connectivity index (χ2v) is 7.80. The lowest BCUT2D eigenvalue weighted by atomic mass is 9.81. The van der Waals surface area contributed by atoms with Gasteiger partial charge in [0.15, 0.2) is 0 Å². The van der Waals surface area contributed by atoms with Gasteiger partial charge < -0.3 is 18.9 Å². The molecule has 1 aromatic heterocycles. The standard InChI is InChI=1S/C17H23N3O4.C4H8O2/c1-16(2,3)24-15(22)20-13-7-6-12(10-19-13)17(4,11-18)9-8-14(21)23-5;1-2-6-4-3-5-1/h6-7,10H,8-9H2,1-5H3,(H,19,20,22);1-4H2. The lowest BCUT2D eigenvalue weighted by molar-refractivity contribution is -0.140. The van der Waals surface area contributed by atoms with Gasteiger partial charge in [-0.1, -0.05) is 6.07 Å². The van der Waals surface area contributed by atoms with Crippen molar-refractivity contribution in [3.05, 3.63) is 23.9 Å². The summed E-state index contributed by atoms with van der Waals surface area (Å²) in [6.45, 7) is 10.1. The highest BCUT2D eigenvalue weighted by Crippen LogP contribution is 2.28. The van der Waals surface area contributed by atoms with Crippen molar-refractivity contribution in [1.29, 1.82) is 5.26 Å². The van der Waals surface area contributed by atoms with Crippen LogP contribution in [0.15, 0.2) is 18.3 Å². The molecule has 1 unspecified atom stereocenters. The zero-order valence-corrected chi connectivity index (χ0v) is 18.3. The maximum absolute atomic E-state index is 11.7. The number of anilines is 1. The number of hydrogen-bond acceptors (Lipinski definition) is 8. The number of nitrogens with one attached hydrogen (secondary N) is 1. The molecule has 9 heteroatoms. The third-order valence-electron chi connectivity index (χ3n) is 4.08. The Morgan fingerprint density at radius 2 is 1.77 bits per heavy atom. The van der Waals surface area contributed by atoms with Crippen LogP contribution in [0.3, 0.4) is 0 Å². The van der Waals surface area contributed by atoms with Gasteiger partial charge in [-0.25, -0.2) is 9.78 Å². The number of pyridine rings is 1. The topological polar surface area (TPSA) is 120 Å². The molecule has 1 amide bonds. The smallest absolute Gasteiger partial charge is 0.413 e. The predicted molar refractivity (Wildman–Crippen MR) is 110 cm³/mol. The van der Waals surface area contributed by atoms with Crippen LogP contribution >= 0.6 is 0 Å². The van der Waals surface area contributed by atoms with Gasteiger partial charge in [-0.05, 0) is 45.7 Å². The first-order valence-corrected chi connectivity index (χ1v) is 9.70. The van der Waals surface area contributed by atoms with Crippen molar-refractivity contribution in [2.24, 2.45) is 0 Å². The monoisotopic (exact) mass is 421 g/mol. The number of methoxy groups -OCH3 is 1. The molecule has 0 aromatic carbocycles. The van der Waals surface area contributed by atoms with Crippen LogP contribution in [0.1, 0.15) is 46.1 Å². The fraction of sp³-hybridized carbons (Fsp3) is 0.619. The highest BCUT2D eigenvalue weighted by Gasteiger charge is 2.28. The summed E-state index contributed by atoms with van der Waals surface area (Å²) in [5, 5.41) is 12.0. The first kappa shape index (κ1) is 25.3. The van der Waals surface area contributed by atoms with E-state index in [0.717, 1.165) is 26.4 Å². The Labute approximate surface area is 177 Å². The quantitative estimate of drug-likeness (QED) is 0.720. The van der Waals surface area contributed by atoms with Gasteiger partial charge in [0.25, 0.3) is 0 Å². The molecule has 1 aliphatic heterocycles. The van der Waals surface area contributed by atoms with Crippen molar-refractivity contribution in [2.45, 2.75) is 51.6 Å². The minimum atomic E-state index is -0.869. The average Bonchev–Trinajstić information content (AvgIpc) is 2.72. The number of esters is 1. The number of aromatic nitrogens is 1. The van der Waals surface area contributed by atoms with Crippen LogP contribution in [0.4, 0.5) is 10.6 Å². The first-order valence-electron chi connectivity index (χ1n) is 9.70. The molecule has 0 radical (unpaired) electrons. The van der Waals surface area contributed by atoms with Crippen LogP contribution in [0, 0.1) is 11.3 Å². The minimum Gasteiger partial charge on any atom is -0.469 e. The number of nitrogens with zero attached hydrogens (tertiary/aromatic N) is 2. The Morgan fingerprint density at radius 1 is 1.17 bits per heavy atom. The number of hydrogen-bond donors (Lipinski definition) is 1. The predicted octanol–water partition coefficient (Wildman–Crippen LogP) is 3.20. The molecule has 2 heterocycles. The van der Waals surface area contributed by atoms with E-state index < -0.39 is 17.1 Å². The molecule has 30 heavy (non-hydrogen) atoms. The fourth-order valence-electron chi connectivity index (χ4n) is 2.36. The van der Waals surface area contributed by atoms with Crippen LogP contribution in [0.5, 0.6) is 0 Å². The first-order chi connectivity index (χ1) is 14.1. The fourth-order valence-corrected chi connectivity index (χ4v) is 2.36. The van der Waals surface area contributed by atoms with Crippen molar-refractivity contribution in [3.8, 4) is 6.07 Å². The third-order valence-corrected chi connectivity index (χ3v) is 4.08. The summed E-state index contributed by atoms with van der Waals surface area (Å²) in [6, 6.07) is 5.49. The van der Waals surface area contributed by atoms with Gasteiger partial charge in [0.1, 0.15) is 11.4 Å². The van der Waals surface area contributed by atoms with E-state index in [9.17, 15) is 14.9 Å². The molecule has 1 fully saturated rings. The highest BCUT2D eigenvalue weighted by molar-refractivity contribution is 5.83. The SMILES string of the molecule is C1COCCO1.COC(=O)CCC(C)(C#N)c1ccc(NC(=O)OC(C)(C)C)nc1. The Bertz CT molecular complexity index is 708. The van der Waals surface area contributed by atoms with Crippen LogP contribution in [-0.4, -0.2) is 56.2 Å². The lowest BCUT2D eigenvalue weighted by Gasteiger charge is -2.22.